The molecule has 2 aromatic heterocycles. The van der Waals surface area contributed by atoms with Gasteiger partial charge >= 0.3 is 11.1 Å². The first-order valence-corrected chi connectivity index (χ1v) is 5.39. The Hall–Kier alpha value is -1.76. The molecule has 0 N–H and O–H groups in total. The standard InChI is InChI=1S/C10H8ClF2N3O2/c11-10(12,13)3-5-16-8(15-18-9(16)17)7-2-1-4-14-6-7/h1-2,4,6H,3,5H2. The molecular weight excluding hydrogens is 268 g/mol. The number of halogens is 3. The molecule has 0 fully saturated rings. The minimum Gasteiger partial charge on any atom is -0.295 e. The summed E-state index contributed by atoms with van der Waals surface area (Å²) in [7, 11) is 0. The minimum atomic E-state index is -3.37. The molecule has 8 heteroatoms. The van der Waals surface area contributed by atoms with E-state index in [1.54, 1.807) is 18.3 Å². The van der Waals surface area contributed by atoms with Crippen LogP contribution in [0.3, 0.4) is 0 Å². The Bertz CT molecular complexity index is 577. The second kappa shape index (κ2) is 4.85. The Morgan fingerprint density at radius 3 is 2.89 bits per heavy atom. The lowest BCUT2D eigenvalue weighted by Crippen LogP contribution is -2.20. The van der Waals surface area contributed by atoms with E-state index < -0.39 is 17.6 Å². The van der Waals surface area contributed by atoms with Gasteiger partial charge in [0.15, 0.2) is 5.82 Å². The molecule has 18 heavy (non-hydrogen) atoms. The summed E-state index contributed by atoms with van der Waals surface area (Å²) < 4.78 is 30.6. The van der Waals surface area contributed by atoms with Gasteiger partial charge in [0.25, 0.3) is 0 Å². The number of rotatable bonds is 4. The van der Waals surface area contributed by atoms with Crippen LogP contribution in [0.25, 0.3) is 11.4 Å². The van der Waals surface area contributed by atoms with E-state index in [0.717, 1.165) is 4.57 Å². The van der Waals surface area contributed by atoms with Crippen molar-refractivity contribution >= 4 is 11.6 Å². The van der Waals surface area contributed by atoms with Crippen LogP contribution in [0.5, 0.6) is 0 Å². The second-order valence-electron chi connectivity index (χ2n) is 3.53. The lowest BCUT2D eigenvalue weighted by molar-refractivity contribution is 0.0803. The van der Waals surface area contributed by atoms with Crippen LogP contribution in [0.1, 0.15) is 6.42 Å². The van der Waals surface area contributed by atoms with Crippen molar-refractivity contribution in [3.63, 3.8) is 0 Å². The van der Waals surface area contributed by atoms with Crippen LogP contribution in [0, 0.1) is 0 Å². The van der Waals surface area contributed by atoms with Gasteiger partial charge in [-0.05, 0) is 23.7 Å². The first-order valence-electron chi connectivity index (χ1n) is 5.01. The van der Waals surface area contributed by atoms with E-state index in [2.05, 4.69) is 14.7 Å². The number of hydrogen-bond donors (Lipinski definition) is 0. The smallest absolute Gasteiger partial charge is 0.295 e. The van der Waals surface area contributed by atoms with Crippen LogP contribution in [0.2, 0.25) is 0 Å². The van der Waals surface area contributed by atoms with E-state index in [9.17, 15) is 13.6 Å². The molecule has 0 atom stereocenters. The zero-order chi connectivity index (χ0) is 13.2. The number of alkyl halides is 3. The molecular formula is C10H8ClF2N3O2. The van der Waals surface area contributed by atoms with Gasteiger partial charge in [0.1, 0.15) is 0 Å². The predicted molar refractivity (Wildman–Crippen MR) is 59.4 cm³/mol. The third-order valence-corrected chi connectivity index (χ3v) is 2.41. The van der Waals surface area contributed by atoms with Gasteiger partial charge in [-0.1, -0.05) is 5.16 Å². The Morgan fingerprint density at radius 2 is 2.28 bits per heavy atom. The van der Waals surface area contributed by atoms with Crippen LogP contribution in [0.4, 0.5) is 8.78 Å². The fourth-order valence-electron chi connectivity index (χ4n) is 1.41. The molecule has 2 aromatic rings. The zero-order valence-electron chi connectivity index (χ0n) is 9.02. The topological polar surface area (TPSA) is 60.9 Å². The van der Waals surface area contributed by atoms with Crippen molar-refractivity contribution < 1.29 is 13.3 Å². The molecule has 0 saturated carbocycles. The zero-order valence-corrected chi connectivity index (χ0v) is 9.77. The fourth-order valence-corrected chi connectivity index (χ4v) is 1.49. The average Bonchev–Trinajstić information content (AvgIpc) is 2.68. The van der Waals surface area contributed by atoms with Crippen LogP contribution in [0.15, 0.2) is 33.8 Å². The van der Waals surface area contributed by atoms with E-state index in [1.807, 2.05) is 0 Å². The van der Waals surface area contributed by atoms with Crippen LogP contribution >= 0.6 is 11.6 Å². The first-order chi connectivity index (χ1) is 8.47. The van der Waals surface area contributed by atoms with E-state index in [0.29, 0.717) is 5.56 Å². The molecule has 96 valence electrons. The molecule has 0 aliphatic heterocycles. The van der Waals surface area contributed by atoms with Crippen LogP contribution < -0.4 is 5.76 Å². The Morgan fingerprint density at radius 1 is 1.50 bits per heavy atom. The van der Waals surface area contributed by atoms with E-state index in [-0.39, 0.29) is 12.4 Å². The maximum atomic E-state index is 12.6. The highest BCUT2D eigenvalue weighted by molar-refractivity contribution is 6.21. The number of hydrogen-bond acceptors (Lipinski definition) is 4. The van der Waals surface area contributed by atoms with E-state index >= 15 is 0 Å². The minimum absolute atomic E-state index is 0.147. The third-order valence-electron chi connectivity index (χ3n) is 2.22. The van der Waals surface area contributed by atoms with Gasteiger partial charge in [-0.25, -0.2) is 4.79 Å². The highest BCUT2D eigenvalue weighted by Gasteiger charge is 2.26. The molecule has 0 bridgehead atoms. The molecule has 0 spiro atoms. The molecule has 2 rings (SSSR count). The number of nitrogens with zero attached hydrogens (tertiary/aromatic N) is 3. The molecule has 5 nitrogen and oxygen atoms in total. The maximum absolute atomic E-state index is 12.6. The molecule has 2 heterocycles. The summed E-state index contributed by atoms with van der Waals surface area (Å²) in [5, 5.41) is 0.162. The van der Waals surface area contributed by atoms with Gasteiger partial charge in [0.2, 0.25) is 0 Å². The monoisotopic (exact) mass is 275 g/mol. The van der Waals surface area contributed by atoms with Gasteiger partial charge in [-0.3, -0.25) is 14.1 Å². The largest absolute Gasteiger partial charge is 0.441 e. The van der Waals surface area contributed by atoms with Crippen LogP contribution in [-0.4, -0.2) is 20.1 Å². The SMILES string of the molecule is O=c1onc(-c2cccnc2)n1CCC(F)(F)Cl. The summed E-state index contributed by atoms with van der Waals surface area (Å²) in [6.45, 7) is -0.289. The molecule has 0 aromatic carbocycles. The van der Waals surface area contributed by atoms with Gasteiger partial charge in [0, 0.05) is 30.9 Å². The van der Waals surface area contributed by atoms with Crippen LogP contribution in [-0.2, 0) is 6.54 Å². The Kier molecular flexibility index (Phi) is 3.42. The summed E-state index contributed by atoms with van der Waals surface area (Å²) in [6.07, 6.45) is 2.30. The predicted octanol–water partition coefficient (Wildman–Crippen LogP) is 2.12. The molecule has 0 unspecified atom stereocenters. The van der Waals surface area contributed by atoms with Gasteiger partial charge < -0.3 is 0 Å². The lowest BCUT2D eigenvalue weighted by Gasteiger charge is -2.08. The van der Waals surface area contributed by atoms with E-state index in [1.165, 1.54) is 6.20 Å². The summed E-state index contributed by atoms with van der Waals surface area (Å²) in [5.41, 5.74) is 0.501. The molecule has 0 saturated heterocycles. The lowest BCUT2D eigenvalue weighted by atomic mass is 10.2. The van der Waals surface area contributed by atoms with Crippen molar-refractivity contribution in [1.29, 1.82) is 0 Å². The van der Waals surface area contributed by atoms with Gasteiger partial charge in [0.05, 0.1) is 0 Å². The quantitative estimate of drug-likeness (QED) is 0.802. The van der Waals surface area contributed by atoms with Gasteiger partial charge in [-0.15, -0.1) is 0 Å². The highest BCUT2D eigenvalue weighted by Crippen LogP contribution is 2.24. The summed E-state index contributed by atoms with van der Waals surface area (Å²) >= 11 is 4.79. The summed E-state index contributed by atoms with van der Waals surface area (Å²) in [6, 6.07) is 3.27. The number of pyridine rings is 1. The Labute approximate surface area is 105 Å². The molecule has 0 radical (unpaired) electrons. The van der Waals surface area contributed by atoms with Crippen molar-refractivity contribution in [2.24, 2.45) is 0 Å². The fraction of sp³-hybridized carbons (Fsp3) is 0.300. The summed E-state index contributed by atoms with van der Waals surface area (Å²) in [5.74, 6) is -0.663. The second-order valence-corrected chi connectivity index (χ2v) is 4.08. The average molecular weight is 276 g/mol. The Balaban J connectivity index is 2.31. The molecule has 0 aliphatic rings. The third kappa shape index (κ3) is 2.92. The van der Waals surface area contributed by atoms with E-state index in [4.69, 9.17) is 11.6 Å². The highest BCUT2D eigenvalue weighted by atomic mass is 35.5. The van der Waals surface area contributed by atoms with Crippen molar-refractivity contribution in [2.45, 2.75) is 18.3 Å². The van der Waals surface area contributed by atoms with Gasteiger partial charge in [-0.2, -0.15) is 8.78 Å². The summed E-state index contributed by atoms with van der Waals surface area (Å²) in [4.78, 5) is 15.2. The normalized spacial score (nSPS) is 11.7. The van der Waals surface area contributed by atoms with Crippen molar-refractivity contribution in [1.82, 2.24) is 14.7 Å². The van der Waals surface area contributed by atoms with Crippen molar-refractivity contribution in [3.8, 4) is 11.4 Å². The van der Waals surface area contributed by atoms with Crippen molar-refractivity contribution in [2.75, 3.05) is 0 Å². The first kappa shape index (κ1) is 12.7. The number of aromatic nitrogens is 3. The van der Waals surface area contributed by atoms with Crippen molar-refractivity contribution in [3.05, 3.63) is 35.1 Å². The molecule has 0 aliphatic carbocycles. The molecule has 0 amide bonds. The maximum Gasteiger partial charge on any atom is 0.441 e.